The third kappa shape index (κ3) is 4.37. The molecule has 1 aliphatic rings. The van der Waals surface area contributed by atoms with Gasteiger partial charge in [-0.1, -0.05) is 6.42 Å². The highest BCUT2D eigenvalue weighted by molar-refractivity contribution is 7.86. The topological polar surface area (TPSA) is 49.9 Å². The van der Waals surface area contributed by atoms with Gasteiger partial charge in [0, 0.05) is 33.8 Å². The number of piperidine rings is 1. The van der Waals surface area contributed by atoms with E-state index in [9.17, 15) is 8.42 Å². The van der Waals surface area contributed by atoms with Crippen LogP contribution in [0.25, 0.3) is 0 Å². The van der Waals surface area contributed by atoms with E-state index >= 15 is 0 Å². The second-order valence-electron chi connectivity index (χ2n) is 4.30. The number of alkyl halides is 1. The van der Waals surface area contributed by atoms with Crippen LogP contribution < -0.4 is 0 Å². The molecule has 1 fully saturated rings. The molecule has 17 heavy (non-hydrogen) atoms. The maximum absolute atomic E-state index is 12.2. The Bertz CT molecular complexity index is 318. The van der Waals surface area contributed by atoms with E-state index < -0.39 is 10.2 Å². The lowest BCUT2D eigenvalue weighted by molar-refractivity contribution is 0.191. The third-order valence-electron chi connectivity index (χ3n) is 2.84. The minimum Gasteiger partial charge on any atom is -0.383 e. The third-order valence-corrected chi connectivity index (χ3v) is 5.06. The van der Waals surface area contributed by atoms with Crippen LogP contribution in [0.1, 0.15) is 19.3 Å². The van der Waals surface area contributed by atoms with Crippen LogP contribution >= 0.6 is 11.6 Å². The Kier molecular flexibility index (Phi) is 6.16. The van der Waals surface area contributed by atoms with Crippen molar-refractivity contribution in [2.45, 2.75) is 24.6 Å². The van der Waals surface area contributed by atoms with Crippen molar-refractivity contribution in [3.63, 3.8) is 0 Å². The first-order chi connectivity index (χ1) is 7.98. The van der Waals surface area contributed by atoms with Crippen molar-refractivity contribution in [1.29, 1.82) is 0 Å². The predicted molar refractivity (Wildman–Crippen MR) is 68.5 cm³/mol. The maximum atomic E-state index is 12.2. The summed E-state index contributed by atoms with van der Waals surface area (Å²) in [5.74, 6) is 0. The van der Waals surface area contributed by atoms with Crippen molar-refractivity contribution in [3.8, 4) is 0 Å². The van der Waals surface area contributed by atoms with E-state index in [1.807, 2.05) is 0 Å². The van der Waals surface area contributed by atoms with Crippen molar-refractivity contribution >= 4 is 21.8 Å². The van der Waals surface area contributed by atoms with Crippen molar-refractivity contribution < 1.29 is 13.2 Å². The molecule has 0 radical (unpaired) electrons. The van der Waals surface area contributed by atoms with Gasteiger partial charge in [-0.25, -0.2) is 0 Å². The van der Waals surface area contributed by atoms with E-state index in [-0.39, 0.29) is 11.9 Å². The molecule has 1 saturated heterocycles. The summed E-state index contributed by atoms with van der Waals surface area (Å²) in [5.41, 5.74) is 0. The quantitative estimate of drug-likeness (QED) is 0.681. The lowest BCUT2D eigenvalue weighted by Gasteiger charge is -2.30. The molecule has 102 valence electrons. The Labute approximate surface area is 109 Å². The Hall–Kier alpha value is 0.120. The zero-order valence-corrected chi connectivity index (χ0v) is 12.0. The van der Waals surface area contributed by atoms with Crippen LogP contribution in [0.5, 0.6) is 0 Å². The summed E-state index contributed by atoms with van der Waals surface area (Å²) >= 11 is 5.97. The first-order valence-electron chi connectivity index (χ1n) is 5.83. The zero-order valence-electron chi connectivity index (χ0n) is 10.4. The van der Waals surface area contributed by atoms with Crippen molar-refractivity contribution in [2.24, 2.45) is 0 Å². The second-order valence-corrected chi connectivity index (χ2v) is 6.95. The second kappa shape index (κ2) is 6.89. The van der Waals surface area contributed by atoms with E-state index in [1.165, 1.54) is 8.61 Å². The van der Waals surface area contributed by atoms with E-state index in [0.29, 0.717) is 19.7 Å². The van der Waals surface area contributed by atoms with Crippen LogP contribution in [0.2, 0.25) is 0 Å². The van der Waals surface area contributed by atoms with E-state index in [2.05, 4.69) is 0 Å². The molecule has 1 atom stereocenters. The fourth-order valence-corrected chi connectivity index (χ4v) is 3.80. The van der Waals surface area contributed by atoms with Gasteiger partial charge >= 0.3 is 0 Å². The molecule has 1 rings (SSSR count). The summed E-state index contributed by atoms with van der Waals surface area (Å²) in [5, 5.41) is -0.315. The Balaban J connectivity index is 2.56. The lowest BCUT2D eigenvalue weighted by Crippen LogP contribution is -2.46. The predicted octanol–water partition coefficient (Wildman–Crippen LogP) is 0.903. The molecular formula is C10H21ClN2O3S. The number of hydrogen-bond donors (Lipinski definition) is 0. The van der Waals surface area contributed by atoms with Gasteiger partial charge in [-0.2, -0.15) is 17.0 Å². The highest BCUT2D eigenvalue weighted by Gasteiger charge is 2.29. The number of nitrogens with zero attached hydrogens (tertiary/aromatic N) is 2. The molecule has 0 amide bonds. The van der Waals surface area contributed by atoms with Gasteiger partial charge in [-0.05, 0) is 12.8 Å². The zero-order chi connectivity index (χ0) is 12.9. The summed E-state index contributed by atoms with van der Waals surface area (Å²) in [7, 11) is -0.234. The fourth-order valence-electron chi connectivity index (χ4n) is 1.90. The van der Waals surface area contributed by atoms with Gasteiger partial charge < -0.3 is 4.74 Å². The van der Waals surface area contributed by atoms with Gasteiger partial charge in [-0.15, -0.1) is 11.6 Å². The molecule has 1 heterocycles. The van der Waals surface area contributed by atoms with Crippen LogP contribution in [0, 0.1) is 0 Å². The normalized spacial score (nSPS) is 20.7. The molecule has 7 heteroatoms. The van der Waals surface area contributed by atoms with Crippen molar-refractivity contribution in [2.75, 3.05) is 40.4 Å². The summed E-state index contributed by atoms with van der Waals surface area (Å²) < 4.78 is 32.1. The average molecular weight is 285 g/mol. The SMILES string of the molecule is COCC(Cl)CN(C)S(=O)(=O)N1CCCCC1. The van der Waals surface area contributed by atoms with Gasteiger partial charge in [0.15, 0.2) is 0 Å². The number of methoxy groups -OCH3 is 1. The highest BCUT2D eigenvalue weighted by Crippen LogP contribution is 2.16. The van der Waals surface area contributed by atoms with Crippen LogP contribution in [-0.4, -0.2) is 62.8 Å². The van der Waals surface area contributed by atoms with Gasteiger partial charge in [-0.3, -0.25) is 0 Å². The Morgan fingerprint density at radius 3 is 2.47 bits per heavy atom. The molecule has 0 aromatic carbocycles. The molecule has 5 nitrogen and oxygen atoms in total. The molecule has 0 aliphatic carbocycles. The molecule has 1 aliphatic heterocycles. The van der Waals surface area contributed by atoms with Gasteiger partial charge in [0.05, 0.1) is 12.0 Å². The molecule has 0 N–H and O–H groups in total. The molecule has 0 aromatic heterocycles. The van der Waals surface area contributed by atoms with Crippen molar-refractivity contribution in [3.05, 3.63) is 0 Å². The Morgan fingerprint density at radius 2 is 1.94 bits per heavy atom. The number of hydrogen-bond acceptors (Lipinski definition) is 3. The smallest absolute Gasteiger partial charge is 0.281 e. The standard InChI is InChI=1S/C10H21ClN2O3S/c1-12(8-10(11)9-16-2)17(14,15)13-6-4-3-5-7-13/h10H,3-9H2,1-2H3. The first kappa shape index (κ1) is 15.2. The molecule has 0 aromatic rings. The minimum absolute atomic E-state index is 0.272. The van der Waals surface area contributed by atoms with Crippen LogP contribution in [0.15, 0.2) is 0 Å². The summed E-state index contributed by atoms with van der Waals surface area (Å²) in [4.78, 5) is 0. The largest absolute Gasteiger partial charge is 0.383 e. The number of halogens is 1. The van der Waals surface area contributed by atoms with Gasteiger partial charge in [0.2, 0.25) is 0 Å². The highest BCUT2D eigenvalue weighted by atomic mass is 35.5. The summed E-state index contributed by atoms with van der Waals surface area (Å²) in [6.07, 6.45) is 2.99. The fraction of sp³-hybridized carbons (Fsp3) is 1.00. The first-order valence-corrected chi connectivity index (χ1v) is 7.66. The lowest BCUT2D eigenvalue weighted by atomic mass is 10.2. The molecular weight excluding hydrogens is 264 g/mol. The molecule has 0 saturated carbocycles. The monoisotopic (exact) mass is 284 g/mol. The van der Waals surface area contributed by atoms with Crippen LogP contribution in [-0.2, 0) is 14.9 Å². The van der Waals surface area contributed by atoms with Gasteiger partial charge in [0.1, 0.15) is 0 Å². The van der Waals surface area contributed by atoms with Crippen molar-refractivity contribution in [1.82, 2.24) is 8.61 Å². The molecule has 0 bridgehead atoms. The number of rotatable bonds is 6. The Morgan fingerprint density at radius 1 is 1.35 bits per heavy atom. The van der Waals surface area contributed by atoms with Gasteiger partial charge in [0.25, 0.3) is 10.2 Å². The van der Waals surface area contributed by atoms with Crippen LogP contribution in [0.4, 0.5) is 0 Å². The average Bonchev–Trinajstić information content (AvgIpc) is 2.30. The van der Waals surface area contributed by atoms with E-state index in [1.54, 1.807) is 14.2 Å². The molecule has 1 unspecified atom stereocenters. The number of ether oxygens (including phenoxy) is 1. The minimum atomic E-state index is -3.35. The summed E-state index contributed by atoms with van der Waals surface area (Å²) in [6, 6.07) is 0. The van der Waals surface area contributed by atoms with Crippen LogP contribution in [0.3, 0.4) is 0 Å². The maximum Gasteiger partial charge on any atom is 0.281 e. The van der Waals surface area contributed by atoms with E-state index in [0.717, 1.165) is 19.3 Å². The summed E-state index contributed by atoms with van der Waals surface area (Å²) in [6.45, 7) is 1.85. The molecule has 0 spiro atoms. The van der Waals surface area contributed by atoms with E-state index in [4.69, 9.17) is 16.3 Å².